The van der Waals surface area contributed by atoms with E-state index in [1.807, 2.05) is 11.3 Å². The topological polar surface area (TPSA) is 24.1 Å². The molecule has 0 bridgehead atoms. The van der Waals surface area contributed by atoms with E-state index in [0.29, 0.717) is 0 Å². The molecular formula is C13H18N2S2. The van der Waals surface area contributed by atoms with Gasteiger partial charge in [0, 0.05) is 10.4 Å². The Morgan fingerprint density at radius 3 is 2.82 bits per heavy atom. The summed E-state index contributed by atoms with van der Waals surface area (Å²) in [5, 5.41) is 8.39. The van der Waals surface area contributed by atoms with E-state index in [-0.39, 0.29) is 5.66 Å². The van der Waals surface area contributed by atoms with Gasteiger partial charge in [-0.1, -0.05) is 19.1 Å². The van der Waals surface area contributed by atoms with Gasteiger partial charge in [0.2, 0.25) is 0 Å². The Morgan fingerprint density at radius 1 is 1.29 bits per heavy atom. The maximum atomic E-state index is 5.57. The van der Waals surface area contributed by atoms with Gasteiger partial charge in [0.05, 0.1) is 0 Å². The second kappa shape index (κ2) is 3.95. The molecule has 0 spiro atoms. The SMILES string of the molecule is CCC1(C)NC(=S)c2c(sc3c2CCCC3)N1. The lowest BCUT2D eigenvalue weighted by atomic mass is 9.94. The van der Waals surface area contributed by atoms with Crippen molar-refractivity contribution in [3.05, 3.63) is 16.0 Å². The molecule has 0 fully saturated rings. The van der Waals surface area contributed by atoms with Crippen LogP contribution in [0.15, 0.2) is 0 Å². The lowest BCUT2D eigenvalue weighted by Crippen LogP contribution is -2.54. The number of anilines is 1. The number of nitrogens with one attached hydrogen (secondary N) is 2. The highest BCUT2D eigenvalue weighted by molar-refractivity contribution is 7.80. The molecule has 1 atom stereocenters. The molecular weight excluding hydrogens is 248 g/mol. The summed E-state index contributed by atoms with van der Waals surface area (Å²) in [6.45, 7) is 4.36. The van der Waals surface area contributed by atoms with Crippen LogP contribution in [0.5, 0.6) is 0 Å². The van der Waals surface area contributed by atoms with Crippen LogP contribution in [0.4, 0.5) is 5.00 Å². The van der Waals surface area contributed by atoms with E-state index in [9.17, 15) is 0 Å². The van der Waals surface area contributed by atoms with Crippen molar-refractivity contribution in [2.45, 2.75) is 51.6 Å². The van der Waals surface area contributed by atoms with Crippen LogP contribution in [0, 0.1) is 0 Å². The predicted octanol–water partition coefficient (Wildman–Crippen LogP) is 3.44. The van der Waals surface area contributed by atoms with Crippen molar-refractivity contribution in [2.75, 3.05) is 5.32 Å². The molecule has 1 aliphatic carbocycles. The largest absolute Gasteiger partial charge is 0.354 e. The minimum Gasteiger partial charge on any atom is -0.354 e. The number of aryl methyl sites for hydroxylation is 1. The number of fused-ring (bicyclic) bond motifs is 3. The smallest absolute Gasteiger partial charge is 0.111 e. The fourth-order valence-corrected chi connectivity index (χ4v) is 4.60. The second-order valence-corrected chi connectivity index (χ2v) is 6.69. The minimum atomic E-state index is -0.0719. The molecule has 2 N–H and O–H groups in total. The fraction of sp³-hybridized carbons (Fsp3) is 0.615. The Kier molecular flexibility index (Phi) is 2.67. The fourth-order valence-electron chi connectivity index (χ4n) is 2.67. The average molecular weight is 266 g/mol. The molecule has 1 unspecified atom stereocenters. The van der Waals surface area contributed by atoms with Crippen LogP contribution in [-0.4, -0.2) is 10.7 Å². The highest BCUT2D eigenvalue weighted by atomic mass is 32.1. The normalized spacial score (nSPS) is 26.8. The second-order valence-electron chi connectivity index (χ2n) is 5.18. The van der Waals surface area contributed by atoms with Crippen molar-refractivity contribution in [1.82, 2.24) is 5.32 Å². The summed E-state index contributed by atoms with van der Waals surface area (Å²) in [6.07, 6.45) is 6.10. The van der Waals surface area contributed by atoms with Gasteiger partial charge in [0.25, 0.3) is 0 Å². The Labute approximate surface area is 112 Å². The van der Waals surface area contributed by atoms with Crippen molar-refractivity contribution in [1.29, 1.82) is 0 Å². The summed E-state index contributed by atoms with van der Waals surface area (Å²) >= 11 is 7.49. The number of thiophene rings is 1. The van der Waals surface area contributed by atoms with E-state index in [1.165, 1.54) is 41.8 Å². The predicted molar refractivity (Wildman–Crippen MR) is 78.1 cm³/mol. The van der Waals surface area contributed by atoms with Gasteiger partial charge in [-0.2, -0.15) is 0 Å². The van der Waals surface area contributed by atoms with E-state index < -0.39 is 0 Å². The van der Waals surface area contributed by atoms with Gasteiger partial charge in [0.15, 0.2) is 0 Å². The van der Waals surface area contributed by atoms with E-state index in [0.717, 1.165) is 11.4 Å². The summed E-state index contributed by atoms with van der Waals surface area (Å²) in [6, 6.07) is 0. The first kappa shape index (κ1) is 11.5. The van der Waals surface area contributed by atoms with Crippen molar-refractivity contribution in [3.63, 3.8) is 0 Å². The van der Waals surface area contributed by atoms with Gasteiger partial charge >= 0.3 is 0 Å². The summed E-state index contributed by atoms with van der Waals surface area (Å²) in [5.74, 6) is 0. The van der Waals surface area contributed by atoms with Gasteiger partial charge in [-0.25, -0.2) is 0 Å². The van der Waals surface area contributed by atoms with E-state index in [1.54, 1.807) is 4.88 Å². The minimum absolute atomic E-state index is 0.0719. The molecule has 1 aromatic rings. The maximum Gasteiger partial charge on any atom is 0.111 e. The molecule has 0 saturated carbocycles. The summed E-state index contributed by atoms with van der Waals surface area (Å²) in [7, 11) is 0. The quantitative estimate of drug-likeness (QED) is 0.761. The summed E-state index contributed by atoms with van der Waals surface area (Å²) < 4.78 is 0. The van der Waals surface area contributed by atoms with Crippen molar-refractivity contribution in [2.24, 2.45) is 0 Å². The van der Waals surface area contributed by atoms with Crippen LogP contribution in [0.1, 0.15) is 49.1 Å². The third kappa shape index (κ3) is 1.78. The standard InChI is InChI=1S/C13H18N2S2/c1-3-13(2)14-11(16)10-8-6-4-5-7-9(8)17-12(10)15-13/h15H,3-7H2,1-2H3,(H,14,16). The third-order valence-corrected chi connectivity index (χ3v) is 5.40. The monoisotopic (exact) mass is 266 g/mol. The lowest BCUT2D eigenvalue weighted by molar-refractivity contribution is 0.459. The van der Waals surface area contributed by atoms with Gasteiger partial charge in [-0.3, -0.25) is 0 Å². The molecule has 0 saturated heterocycles. The molecule has 2 nitrogen and oxygen atoms in total. The highest BCUT2D eigenvalue weighted by Crippen LogP contribution is 2.41. The zero-order valence-electron chi connectivity index (χ0n) is 10.4. The van der Waals surface area contributed by atoms with Gasteiger partial charge in [0.1, 0.15) is 15.7 Å². The van der Waals surface area contributed by atoms with Crippen LogP contribution < -0.4 is 10.6 Å². The Bertz CT molecular complexity index is 478. The van der Waals surface area contributed by atoms with Crippen LogP contribution in [-0.2, 0) is 12.8 Å². The third-order valence-electron chi connectivity index (χ3n) is 3.88. The molecule has 92 valence electrons. The molecule has 17 heavy (non-hydrogen) atoms. The average Bonchev–Trinajstić information content (AvgIpc) is 2.66. The number of hydrogen-bond acceptors (Lipinski definition) is 3. The Morgan fingerprint density at radius 2 is 2.06 bits per heavy atom. The van der Waals surface area contributed by atoms with Crippen LogP contribution >= 0.6 is 23.6 Å². The molecule has 1 aromatic heterocycles. The van der Waals surface area contributed by atoms with Gasteiger partial charge in [-0.05, 0) is 44.6 Å². The first-order valence-electron chi connectivity index (χ1n) is 6.38. The zero-order valence-corrected chi connectivity index (χ0v) is 12.0. The molecule has 0 radical (unpaired) electrons. The Hall–Kier alpha value is -0.610. The van der Waals surface area contributed by atoms with Crippen LogP contribution in [0.25, 0.3) is 0 Å². The first-order valence-corrected chi connectivity index (χ1v) is 7.60. The van der Waals surface area contributed by atoms with E-state index in [4.69, 9.17) is 12.2 Å². The molecule has 0 amide bonds. The summed E-state index contributed by atoms with van der Waals surface area (Å²) in [5.41, 5.74) is 2.74. The first-order chi connectivity index (χ1) is 8.13. The van der Waals surface area contributed by atoms with Crippen molar-refractivity contribution >= 4 is 33.5 Å². The summed E-state index contributed by atoms with van der Waals surface area (Å²) in [4.78, 5) is 2.50. The van der Waals surface area contributed by atoms with E-state index >= 15 is 0 Å². The van der Waals surface area contributed by atoms with Crippen LogP contribution in [0.3, 0.4) is 0 Å². The number of hydrogen-bond donors (Lipinski definition) is 2. The lowest BCUT2D eigenvalue weighted by Gasteiger charge is -2.37. The zero-order chi connectivity index (χ0) is 12.0. The van der Waals surface area contributed by atoms with Crippen LogP contribution in [0.2, 0.25) is 0 Å². The van der Waals surface area contributed by atoms with Crippen molar-refractivity contribution in [3.8, 4) is 0 Å². The molecule has 1 aliphatic heterocycles. The van der Waals surface area contributed by atoms with Crippen molar-refractivity contribution < 1.29 is 0 Å². The molecule has 0 aromatic carbocycles. The molecule has 4 heteroatoms. The number of rotatable bonds is 1. The highest BCUT2D eigenvalue weighted by Gasteiger charge is 2.34. The molecule has 3 rings (SSSR count). The molecule has 2 aliphatic rings. The number of thiocarbonyl (C=S) groups is 1. The van der Waals surface area contributed by atoms with Gasteiger partial charge < -0.3 is 10.6 Å². The van der Waals surface area contributed by atoms with E-state index in [2.05, 4.69) is 24.5 Å². The Balaban J connectivity index is 2.07. The van der Waals surface area contributed by atoms with Gasteiger partial charge in [-0.15, -0.1) is 11.3 Å². The maximum absolute atomic E-state index is 5.57. The molecule has 2 heterocycles.